The summed E-state index contributed by atoms with van der Waals surface area (Å²) < 4.78 is 0. The van der Waals surface area contributed by atoms with Crippen LogP contribution in [-0.2, 0) is 4.79 Å². The smallest absolute Gasteiger partial charge is 0.223 e. The first-order chi connectivity index (χ1) is 7.61. The highest BCUT2D eigenvalue weighted by molar-refractivity contribution is 5.79. The Bertz CT molecular complexity index is 261. The number of carbonyl (C=O) groups is 1. The summed E-state index contributed by atoms with van der Waals surface area (Å²) in [5, 5.41) is 3.25. The molecule has 1 N–H and O–H groups in total. The highest BCUT2D eigenvalue weighted by Gasteiger charge is 2.43. The van der Waals surface area contributed by atoms with E-state index in [9.17, 15) is 4.79 Å². The SMILES string of the molecule is CC[C@H](NC(=O)[C@H]1C[C@@H]2CC[C@H]1C2)C(C)C. The molecule has 2 saturated carbocycles. The van der Waals surface area contributed by atoms with Crippen LogP contribution in [0.1, 0.15) is 52.9 Å². The number of carbonyl (C=O) groups excluding carboxylic acids is 1. The lowest BCUT2D eigenvalue weighted by Crippen LogP contribution is -2.42. The number of amides is 1. The van der Waals surface area contributed by atoms with Crippen molar-refractivity contribution in [2.24, 2.45) is 23.7 Å². The Morgan fingerprint density at radius 3 is 2.50 bits per heavy atom. The Hall–Kier alpha value is -0.530. The molecule has 2 nitrogen and oxygen atoms in total. The van der Waals surface area contributed by atoms with Gasteiger partial charge in [0.25, 0.3) is 0 Å². The quantitative estimate of drug-likeness (QED) is 0.780. The molecule has 0 heterocycles. The average molecular weight is 223 g/mol. The Kier molecular flexibility index (Phi) is 3.56. The molecule has 0 aromatic carbocycles. The van der Waals surface area contributed by atoms with Crippen LogP contribution in [-0.4, -0.2) is 11.9 Å². The summed E-state index contributed by atoms with van der Waals surface area (Å²) in [5.41, 5.74) is 0. The van der Waals surface area contributed by atoms with Crippen LogP contribution in [0.25, 0.3) is 0 Å². The molecule has 1 amide bonds. The highest BCUT2D eigenvalue weighted by Crippen LogP contribution is 2.48. The van der Waals surface area contributed by atoms with Crippen LogP contribution in [0.3, 0.4) is 0 Å². The molecule has 0 aromatic heterocycles. The van der Waals surface area contributed by atoms with E-state index in [2.05, 4.69) is 26.1 Å². The van der Waals surface area contributed by atoms with Gasteiger partial charge in [0.15, 0.2) is 0 Å². The van der Waals surface area contributed by atoms with Crippen LogP contribution >= 0.6 is 0 Å². The Morgan fingerprint density at radius 2 is 2.06 bits per heavy atom. The second-order valence-corrected chi connectivity index (χ2v) is 6.05. The van der Waals surface area contributed by atoms with Gasteiger partial charge in [-0.1, -0.05) is 27.2 Å². The maximum Gasteiger partial charge on any atom is 0.223 e. The summed E-state index contributed by atoms with van der Waals surface area (Å²) in [7, 11) is 0. The molecule has 2 fully saturated rings. The molecule has 16 heavy (non-hydrogen) atoms. The molecular weight excluding hydrogens is 198 g/mol. The summed E-state index contributed by atoms with van der Waals surface area (Å²) in [5.74, 6) is 2.79. The van der Waals surface area contributed by atoms with E-state index in [4.69, 9.17) is 0 Å². The maximum absolute atomic E-state index is 12.2. The van der Waals surface area contributed by atoms with E-state index in [0.29, 0.717) is 29.7 Å². The number of nitrogens with one attached hydrogen (secondary N) is 1. The number of hydrogen-bond donors (Lipinski definition) is 1. The van der Waals surface area contributed by atoms with Gasteiger partial charge in [-0.3, -0.25) is 4.79 Å². The fourth-order valence-electron chi connectivity index (χ4n) is 3.60. The van der Waals surface area contributed by atoms with E-state index in [-0.39, 0.29) is 0 Å². The highest BCUT2D eigenvalue weighted by atomic mass is 16.2. The maximum atomic E-state index is 12.2. The molecule has 0 unspecified atom stereocenters. The van der Waals surface area contributed by atoms with Crippen molar-refractivity contribution in [1.29, 1.82) is 0 Å². The minimum atomic E-state index is 0.339. The van der Waals surface area contributed by atoms with Gasteiger partial charge < -0.3 is 5.32 Å². The van der Waals surface area contributed by atoms with Crippen LogP contribution < -0.4 is 5.32 Å². The molecule has 4 atom stereocenters. The monoisotopic (exact) mass is 223 g/mol. The number of fused-ring (bicyclic) bond motifs is 2. The predicted octanol–water partition coefficient (Wildman–Crippen LogP) is 2.97. The van der Waals surface area contributed by atoms with Gasteiger partial charge in [0.2, 0.25) is 5.91 Å². The van der Waals surface area contributed by atoms with Gasteiger partial charge in [-0.25, -0.2) is 0 Å². The lowest BCUT2D eigenvalue weighted by Gasteiger charge is -2.26. The van der Waals surface area contributed by atoms with Gasteiger partial charge in [-0.2, -0.15) is 0 Å². The third-order valence-electron chi connectivity index (χ3n) is 4.65. The predicted molar refractivity (Wildman–Crippen MR) is 66.0 cm³/mol. The lowest BCUT2D eigenvalue weighted by molar-refractivity contribution is -0.127. The molecule has 0 radical (unpaired) electrons. The second-order valence-electron chi connectivity index (χ2n) is 6.05. The van der Waals surface area contributed by atoms with Crippen LogP contribution in [0, 0.1) is 23.7 Å². The zero-order chi connectivity index (χ0) is 11.7. The average Bonchev–Trinajstić information content (AvgIpc) is 2.86. The summed E-state index contributed by atoms with van der Waals surface area (Å²) in [6.07, 6.45) is 6.18. The van der Waals surface area contributed by atoms with Crippen molar-refractivity contribution in [3.63, 3.8) is 0 Å². The van der Waals surface area contributed by atoms with E-state index in [1.165, 1.54) is 19.3 Å². The van der Waals surface area contributed by atoms with E-state index in [1.807, 2.05) is 0 Å². The summed E-state index contributed by atoms with van der Waals surface area (Å²) in [6, 6.07) is 0.367. The lowest BCUT2D eigenvalue weighted by atomic mass is 9.87. The number of rotatable bonds is 4. The molecule has 2 heteroatoms. The van der Waals surface area contributed by atoms with Crippen LogP contribution in [0.15, 0.2) is 0 Å². The number of hydrogen-bond acceptors (Lipinski definition) is 1. The van der Waals surface area contributed by atoms with Crippen molar-refractivity contribution in [3.05, 3.63) is 0 Å². The van der Waals surface area contributed by atoms with Crippen molar-refractivity contribution >= 4 is 5.91 Å². The van der Waals surface area contributed by atoms with Gasteiger partial charge >= 0.3 is 0 Å². The zero-order valence-electron chi connectivity index (χ0n) is 10.8. The first-order valence-corrected chi connectivity index (χ1v) is 6.92. The van der Waals surface area contributed by atoms with E-state index < -0.39 is 0 Å². The van der Waals surface area contributed by atoms with E-state index >= 15 is 0 Å². The van der Waals surface area contributed by atoms with Crippen molar-refractivity contribution < 1.29 is 4.79 Å². The van der Waals surface area contributed by atoms with Crippen molar-refractivity contribution in [2.75, 3.05) is 0 Å². The van der Waals surface area contributed by atoms with Gasteiger partial charge in [-0.05, 0) is 43.4 Å². The van der Waals surface area contributed by atoms with Gasteiger partial charge in [0.05, 0.1) is 0 Å². The van der Waals surface area contributed by atoms with Crippen LogP contribution in [0.4, 0.5) is 0 Å². The van der Waals surface area contributed by atoms with E-state index in [1.54, 1.807) is 0 Å². The zero-order valence-corrected chi connectivity index (χ0v) is 10.8. The summed E-state index contributed by atoms with van der Waals surface area (Å²) >= 11 is 0. The molecule has 2 rings (SSSR count). The normalized spacial score (nSPS) is 34.4. The molecular formula is C14H25NO. The first-order valence-electron chi connectivity index (χ1n) is 6.92. The second kappa shape index (κ2) is 4.77. The third-order valence-corrected chi connectivity index (χ3v) is 4.65. The van der Waals surface area contributed by atoms with Crippen molar-refractivity contribution in [3.8, 4) is 0 Å². The molecule has 0 saturated heterocycles. The van der Waals surface area contributed by atoms with Crippen LogP contribution in [0.5, 0.6) is 0 Å². The Balaban J connectivity index is 1.88. The first kappa shape index (κ1) is 11.9. The van der Waals surface area contributed by atoms with Crippen molar-refractivity contribution in [2.45, 2.75) is 58.9 Å². The fraction of sp³-hybridized carbons (Fsp3) is 0.929. The molecule has 92 valence electrons. The van der Waals surface area contributed by atoms with E-state index in [0.717, 1.165) is 18.8 Å². The molecule has 0 aromatic rings. The molecule has 2 aliphatic rings. The molecule has 2 bridgehead atoms. The van der Waals surface area contributed by atoms with Crippen LogP contribution in [0.2, 0.25) is 0 Å². The van der Waals surface area contributed by atoms with Gasteiger partial charge in [0, 0.05) is 12.0 Å². The van der Waals surface area contributed by atoms with Gasteiger partial charge in [0.1, 0.15) is 0 Å². The summed E-state index contributed by atoms with van der Waals surface area (Å²) in [4.78, 5) is 12.2. The molecule has 0 aliphatic heterocycles. The topological polar surface area (TPSA) is 29.1 Å². The Labute approximate surface area is 99.2 Å². The minimum absolute atomic E-state index is 0.339. The Morgan fingerprint density at radius 1 is 1.31 bits per heavy atom. The van der Waals surface area contributed by atoms with Gasteiger partial charge in [-0.15, -0.1) is 0 Å². The third kappa shape index (κ3) is 2.26. The molecule has 2 aliphatic carbocycles. The van der Waals surface area contributed by atoms with Crippen molar-refractivity contribution in [1.82, 2.24) is 5.32 Å². The molecule has 0 spiro atoms. The fourth-order valence-corrected chi connectivity index (χ4v) is 3.60. The minimum Gasteiger partial charge on any atom is -0.353 e. The summed E-state index contributed by atoms with van der Waals surface area (Å²) in [6.45, 7) is 6.54. The standard InChI is InChI=1S/C14H25NO/c1-4-13(9(2)3)15-14(16)12-8-10-5-6-11(12)7-10/h9-13H,4-8H2,1-3H3,(H,15,16)/t10-,11+,12+,13+/m1/s1. The largest absolute Gasteiger partial charge is 0.353 e.